The number of rotatable bonds is 5. The second-order valence-electron chi connectivity index (χ2n) is 7.29. The van der Waals surface area contributed by atoms with Crippen LogP contribution in [0, 0.1) is 0 Å². The van der Waals surface area contributed by atoms with Gasteiger partial charge in [-0.2, -0.15) is 0 Å². The molecule has 2 aromatic carbocycles. The lowest BCUT2D eigenvalue weighted by Crippen LogP contribution is -2.29. The van der Waals surface area contributed by atoms with Crippen molar-refractivity contribution < 1.29 is 13.9 Å². The van der Waals surface area contributed by atoms with Crippen LogP contribution in [0.5, 0.6) is 11.6 Å². The van der Waals surface area contributed by atoms with E-state index >= 15 is 4.39 Å². The molecule has 6 nitrogen and oxygen atoms in total. The van der Waals surface area contributed by atoms with Crippen LogP contribution in [0.25, 0.3) is 11.0 Å². The zero-order chi connectivity index (χ0) is 20.4. The van der Waals surface area contributed by atoms with Gasteiger partial charge in [0.15, 0.2) is 0 Å². The molecule has 0 aliphatic carbocycles. The molecule has 0 spiro atoms. The van der Waals surface area contributed by atoms with Gasteiger partial charge in [0.2, 0.25) is 11.8 Å². The van der Waals surface area contributed by atoms with E-state index in [1.165, 1.54) is 0 Å². The van der Waals surface area contributed by atoms with Crippen molar-refractivity contribution in [3.8, 4) is 11.6 Å². The topological polar surface area (TPSA) is 72.1 Å². The summed E-state index contributed by atoms with van der Waals surface area (Å²) in [4.78, 5) is 12.0. The number of para-hydroxylation sites is 2. The standard InChI is InChI=1S/C23H21FN4O2/c24-23(11-14-29-15-12-23)18-4-3-13-25-21(18)30-17-9-7-16(8-10-17)26-22-27-19-5-1-2-6-20(19)28-22/h1-10,13H,11-12,14-15H2,(H2,26,27,28). The molecule has 2 aromatic heterocycles. The first-order chi connectivity index (χ1) is 14.7. The highest BCUT2D eigenvalue weighted by Gasteiger charge is 2.37. The number of alkyl halides is 1. The second-order valence-corrected chi connectivity index (χ2v) is 7.29. The smallest absolute Gasteiger partial charge is 0.225 e. The lowest BCUT2D eigenvalue weighted by Gasteiger charge is -2.30. The van der Waals surface area contributed by atoms with E-state index in [4.69, 9.17) is 9.47 Å². The van der Waals surface area contributed by atoms with E-state index in [-0.39, 0.29) is 0 Å². The fourth-order valence-electron chi connectivity index (χ4n) is 3.64. The molecule has 0 bridgehead atoms. The zero-order valence-corrected chi connectivity index (χ0v) is 16.3. The third-order valence-electron chi connectivity index (χ3n) is 5.26. The molecule has 1 fully saturated rings. The average molecular weight is 404 g/mol. The van der Waals surface area contributed by atoms with Crippen molar-refractivity contribution in [3.05, 3.63) is 72.4 Å². The van der Waals surface area contributed by atoms with E-state index in [2.05, 4.69) is 20.3 Å². The number of hydrogen-bond donors (Lipinski definition) is 2. The first kappa shape index (κ1) is 18.6. The summed E-state index contributed by atoms with van der Waals surface area (Å²) < 4.78 is 26.7. The molecule has 2 N–H and O–H groups in total. The number of halogens is 1. The number of H-pyrrole nitrogens is 1. The highest BCUT2D eigenvalue weighted by Crippen LogP contribution is 2.41. The largest absolute Gasteiger partial charge is 0.439 e. The molecule has 1 aliphatic rings. The Morgan fingerprint density at radius 1 is 1.00 bits per heavy atom. The Balaban J connectivity index is 1.33. The third-order valence-corrected chi connectivity index (χ3v) is 5.26. The van der Waals surface area contributed by atoms with Gasteiger partial charge in [0.1, 0.15) is 11.4 Å². The molecule has 0 amide bonds. The van der Waals surface area contributed by atoms with Crippen LogP contribution in [-0.4, -0.2) is 28.2 Å². The summed E-state index contributed by atoms with van der Waals surface area (Å²) >= 11 is 0. The Bertz CT molecular complexity index is 1120. The number of hydrogen-bond acceptors (Lipinski definition) is 5. The predicted molar refractivity (Wildman–Crippen MR) is 113 cm³/mol. The molecule has 0 saturated carbocycles. The van der Waals surface area contributed by atoms with Gasteiger partial charge in [-0.25, -0.2) is 14.4 Å². The Hall–Kier alpha value is -3.45. The van der Waals surface area contributed by atoms with Crippen molar-refractivity contribution in [1.82, 2.24) is 15.0 Å². The normalized spacial score (nSPS) is 15.8. The predicted octanol–water partition coefficient (Wildman–Crippen LogP) is 5.47. The number of anilines is 2. The van der Waals surface area contributed by atoms with Gasteiger partial charge in [-0.05, 0) is 48.5 Å². The summed E-state index contributed by atoms with van der Waals surface area (Å²) in [6.45, 7) is 0.792. The van der Waals surface area contributed by atoms with E-state index in [1.54, 1.807) is 18.3 Å². The number of aromatic amines is 1. The monoisotopic (exact) mass is 404 g/mol. The molecule has 0 atom stereocenters. The van der Waals surface area contributed by atoms with Crippen molar-refractivity contribution in [1.29, 1.82) is 0 Å². The summed E-state index contributed by atoms with van der Waals surface area (Å²) in [5, 5.41) is 3.24. The minimum absolute atomic E-state index is 0.292. The summed E-state index contributed by atoms with van der Waals surface area (Å²) in [7, 11) is 0. The molecule has 7 heteroatoms. The van der Waals surface area contributed by atoms with Crippen LogP contribution in [0.1, 0.15) is 18.4 Å². The van der Waals surface area contributed by atoms with E-state index in [0.717, 1.165) is 16.7 Å². The number of benzene rings is 2. The van der Waals surface area contributed by atoms with Crippen molar-refractivity contribution in [2.24, 2.45) is 0 Å². The van der Waals surface area contributed by atoms with Crippen LogP contribution in [0.4, 0.5) is 16.0 Å². The maximum Gasteiger partial charge on any atom is 0.225 e. The first-order valence-corrected chi connectivity index (χ1v) is 9.91. The van der Waals surface area contributed by atoms with Crippen molar-refractivity contribution >= 4 is 22.7 Å². The lowest BCUT2D eigenvalue weighted by atomic mass is 9.89. The van der Waals surface area contributed by atoms with E-state index in [0.29, 0.717) is 49.2 Å². The maximum absolute atomic E-state index is 15.4. The number of nitrogens with zero attached hydrogens (tertiary/aromatic N) is 2. The summed E-state index contributed by atoms with van der Waals surface area (Å²) in [6, 6.07) is 18.7. The minimum atomic E-state index is -1.48. The Kier molecular flexibility index (Phi) is 4.80. The Labute approximate surface area is 173 Å². The zero-order valence-electron chi connectivity index (χ0n) is 16.3. The van der Waals surface area contributed by atoms with E-state index < -0.39 is 5.67 Å². The molecule has 0 radical (unpaired) electrons. The lowest BCUT2D eigenvalue weighted by molar-refractivity contribution is -0.0126. The summed E-state index contributed by atoms with van der Waals surface area (Å²) in [5.74, 6) is 1.54. The number of ether oxygens (including phenoxy) is 2. The highest BCUT2D eigenvalue weighted by molar-refractivity contribution is 5.78. The Morgan fingerprint density at radius 2 is 1.80 bits per heavy atom. The van der Waals surface area contributed by atoms with Crippen LogP contribution >= 0.6 is 0 Å². The molecule has 1 aliphatic heterocycles. The molecule has 5 rings (SSSR count). The molecule has 0 unspecified atom stereocenters. The number of pyridine rings is 1. The quantitative estimate of drug-likeness (QED) is 0.462. The molecular formula is C23H21FN4O2. The van der Waals surface area contributed by atoms with Gasteiger partial charge in [0.25, 0.3) is 0 Å². The van der Waals surface area contributed by atoms with Crippen LogP contribution in [-0.2, 0) is 10.4 Å². The van der Waals surface area contributed by atoms with Gasteiger partial charge in [-0.1, -0.05) is 12.1 Å². The molecule has 4 aromatic rings. The van der Waals surface area contributed by atoms with Crippen LogP contribution in [0.15, 0.2) is 66.9 Å². The van der Waals surface area contributed by atoms with E-state index in [9.17, 15) is 0 Å². The van der Waals surface area contributed by atoms with Crippen LogP contribution in [0.2, 0.25) is 0 Å². The first-order valence-electron chi connectivity index (χ1n) is 9.91. The van der Waals surface area contributed by atoms with Crippen molar-refractivity contribution in [2.75, 3.05) is 18.5 Å². The summed E-state index contributed by atoms with van der Waals surface area (Å²) in [5.41, 5.74) is 1.71. The molecule has 1 saturated heterocycles. The second kappa shape index (κ2) is 7.76. The molecule has 3 heterocycles. The minimum Gasteiger partial charge on any atom is -0.439 e. The third kappa shape index (κ3) is 3.71. The van der Waals surface area contributed by atoms with E-state index in [1.807, 2.05) is 48.5 Å². The summed E-state index contributed by atoms with van der Waals surface area (Å²) in [6.07, 6.45) is 2.21. The highest BCUT2D eigenvalue weighted by atomic mass is 19.1. The van der Waals surface area contributed by atoms with Gasteiger partial charge in [0, 0.05) is 37.9 Å². The van der Waals surface area contributed by atoms with Gasteiger partial charge in [-0.15, -0.1) is 0 Å². The number of nitrogens with one attached hydrogen (secondary N) is 2. The Morgan fingerprint density at radius 3 is 2.60 bits per heavy atom. The fraction of sp³-hybridized carbons (Fsp3) is 0.217. The SMILES string of the molecule is FC1(c2cccnc2Oc2ccc(Nc3nc4ccccc4[nH]3)cc2)CCOCC1. The van der Waals surface area contributed by atoms with Gasteiger partial charge >= 0.3 is 0 Å². The number of imidazole rings is 1. The fourth-order valence-corrected chi connectivity index (χ4v) is 3.64. The number of fused-ring (bicyclic) bond motifs is 1. The van der Waals surface area contributed by atoms with Gasteiger partial charge in [0.05, 0.1) is 16.6 Å². The van der Waals surface area contributed by atoms with Crippen molar-refractivity contribution in [3.63, 3.8) is 0 Å². The van der Waals surface area contributed by atoms with Crippen LogP contribution < -0.4 is 10.1 Å². The maximum atomic E-state index is 15.4. The van der Waals surface area contributed by atoms with Crippen molar-refractivity contribution in [2.45, 2.75) is 18.5 Å². The molecular weight excluding hydrogens is 383 g/mol. The molecule has 152 valence electrons. The van der Waals surface area contributed by atoms with Crippen LogP contribution in [0.3, 0.4) is 0 Å². The van der Waals surface area contributed by atoms with Gasteiger partial charge < -0.3 is 19.8 Å². The number of aromatic nitrogens is 3. The average Bonchev–Trinajstić information content (AvgIpc) is 3.18. The molecule has 30 heavy (non-hydrogen) atoms. The van der Waals surface area contributed by atoms with Gasteiger partial charge in [-0.3, -0.25) is 0 Å².